The van der Waals surface area contributed by atoms with Gasteiger partial charge in [0.2, 0.25) is 0 Å². The molecule has 7 heteroatoms. The van der Waals surface area contributed by atoms with Crippen LogP contribution in [0.3, 0.4) is 0 Å². The maximum atomic E-state index is 12.4. The summed E-state index contributed by atoms with van der Waals surface area (Å²) in [5.41, 5.74) is 1.25. The number of ketones is 1. The fourth-order valence-corrected chi connectivity index (χ4v) is 3.87. The average molecular weight is 381 g/mol. The minimum Gasteiger partial charge on any atom is -0.497 e. The maximum Gasteiger partial charge on any atom is 0.268 e. The lowest BCUT2D eigenvalue weighted by Crippen LogP contribution is -2.26. The van der Waals surface area contributed by atoms with Crippen LogP contribution in [0.25, 0.3) is 6.08 Å². The number of benzene rings is 1. The second-order valence-electron chi connectivity index (χ2n) is 7.13. The number of fused-ring (bicyclic) bond motifs is 1. The minimum absolute atomic E-state index is 0.0417. The highest BCUT2D eigenvalue weighted by atomic mass is 32.1. The molecule has 0 saturated carbocycles. The van der Waals surface area contributed by atoms with Gasteiger partial charge in [-0.2, -0.15) is 5.26 Å². The Morgan fingerprint density at radius 2 is 2.04 bits per heavy atom. The van der Waals surface area contributed by atoms with Crippen LogP contribution < -0.4 is 10.1 Å². The van der Waals surface area contributed by atoms with Crippen molar-refractivity contribution in [1.82, 2.24) is 4.98 Å². The molecule has 138 valence electrons. The molecular formula is C20H19N3O3S. The number of nitrogens with one attached hydrogen (secondary N) is 1. The highest BCUT2D eigenvalue weighted by molar-refractivity contribution is 7.17. The van der Waals surface area contributed by atoms with Crippen molar-refractivity contribution in [1.29, 1.82) is 5.26 Å². The van der Waals surface area contributed by atoms with E-state index in [4.69, 9.17) is 4.74 Å². The monoisotopic (exact) mass is 381 g/mol. The van der Waals surface area contributed by atoms with Crippen molar-refractivity contribution in [2.45, 2.75) is 26.7 Å². The minimum atomic E-state index is -0.550. The molecule has 0 radical (unpaired) electrons. The lowest BCUT2D eigenvalue weighted by molar-refractivity contribution is -0.112. The average Bonchev–Trinajstić information content (AvgIpc) is 3.01. The van der Waals surface area contributed by atoms with E-state index in [0.717, 1.165) is 0 Å². The summed E-state index contributed by atoms with van der Waals surface area (Å²) in [7, 11) is 1.57. The summed E-state index contributed by atoms with van der Waals surface area (Å²) in [5, 5.41) is 12.3. The molecule has 1 aromatic carbocycles. The number of ether oxygens (including phenoxy) is 1. The fraction of sp³-hybridized carbons (Fsp3) is 0.300. The predicted molar refractivity (Wildman–Crippen MR) is 104 cm³/mol. The summed E-state index contributed by atoms with van der Waals surface area (Å²) < 4.78 is 5.09. The molecule has 6 nitrogen and oxygen atoms in total. The molecule has 0 spiro atoms. The first-order valence-corrected chi connectivity index (χ1v) is 9.23. The van der Waals surface area contributed by atoms with E-state index in [1.165, 1.54) is 17.4 Å². The van der Waals surface area contributed by atoms with Gasteiger partial charge in [0.15, 0.2) is 10.9 Å². The molecule has 27 heavy (non-hydrogen) atoms. The van der Waals surface area contributed by atoms with Gasteiger partial charge >= 0.3 is 0 Å². The largest absolute Gasteiger partial charge is 0.497 e. The second kappa shape index (κ2) is 7.33. The second-order valence-corrected chi connectivity index (χ2v) is 8.13. The van der Waals surface area contributed by atoms with Crippen molar-refractivity contribution in [2.75, 3.05) is 12.4 Å². The highest BCUT2D eigenvalue weighted by Gasteiger charge is 2.34. The topological polar surface area (TPSA) is 92.1 Å². The Morgan fingerprint density at radius 1 is 1.33 bits per heavy atom. The Hall–Kier alpha value is -2.98. The molecule has 0 atom stereocenters. The van der Waals surface area contributed by atoms with Crippen LogP contribution in [0.2, 0.25) is 0 Å². The number of carbonyl (C=O) groups excluding carboxylic acids is 2. The molecule has 1 heterocycles. The molecule has 0 fully saturated rings. The normalized spacial score (nSPS) is 15.6. The molecule has 1 aliphatic rings. The molecule has 1 aromatic heterocycles. The standard InChI is InChI=1S/C20H19N3O3S/c1-20(2)9-15-17(16(24)10-20)27-19(22-15)23-18(25)13(11-21)8-12-4-6-14(26-3)7-5-12/h4-8H,9-10H2,1-3H3,(H,22,23,25)/b13-8+. The first kappa shape index (κ1) is 18.8. The van der Waals surface area contributed by atoms with Crippen molar-refractivity contribution < 1.29 is 14.3 Å². The van der Waals surface area contributed by atoms with Crippen molar-refractivity contribution in [3.05, 3.63) is 46.0 Å². The van der Waals surface area contributed by atoms with Crippen LogP contribution in [-0.4, -0.2) is 23.8 Å². The number of nitriles is 1. The summed E-state index contributed by atoms with van der Waals surface area (Å²) in [6.45, 7) is 4.05. The van der Waals surface area contributed by atoms with Gasteiger partial charge in [-0.15, -0.1) is 0 Å². The van der Waals surface area contributed by atoms with Crippen LogP contribution >= 0.6 is 11.3 Å². The van der Waals surface area contributed by atoms with Gasteiger partial charge in [-0.05, 0) is 35.6 Å². The van der Waals surface area contributed by atoms with Crippen LogP contribution in [0.1, 0.15) is 41.2 Å². The molecule has 0 saturated heterocycles. The zero-order valence-electron chi connectivity index (χ0n) is 15.3. The third-order valence-corrected chi connectivity index (χ3v) is 5.30. The van der Waals surface area contributed by atoms with E-state index in [-0.39, 0.29) is 16.8 Å². The van der Waals surface area contributed by atoms with Gasteiger partial charge in [0.05, 0.1) is 17.7 Å². The Labute approximate surface area is 161 Å². The molecule has 0 unspecified atom stereocenters. The first-order valence-electron chi connectivity index (χ1n) is 8.41. The van der Waals surface area contributed by atoms with Crippen molar-refractivity contribution in [3.63, 3.8) is 0 Å². The summed E-state index contributed by atoms with van der Waals surface area (Å²) in [4.78, 5) is 29.7. The Bertz CT molecular complexity index is 965. The zero-order chi connectivity index (χ0) is 19.6. The Balaban J connectivity index is 1.79. The maximum absolute atomic E-state index is 12.4. The van der Waals surface area contributed by atoms with Crippen LogP contribution in [0.5, 0.6) is 5.75 Å². The van der Waals surface area contributed by atoms with Gasteiger partial charge in [0, 0.05) is 6.42 Å². The summed E-state index contributed by atoms with van der Waals surface area (Å²) in [5.74, 6) is 0.190. The number of carbonyl (C=O) groups is 2. The SMILES string of the molecule is COc1ccc(/C=C(\C#N)C(=O)Nc2nc3c(s2)C(=O)CC(C)(C)C3)cc1. The van der Waals surface area contributed by atoms with Crippen LogP contribution in [0.15, 0.2) is 29.8 Å². The third kappa shape index (κ3) is 4.23. The lowest BCUT2D eigenvalue weighted by Gasteiger charge is -2.26. The Morgan fingerprint density at radius 3 is 2.67 bits per heavy atom. The third-order valence-electron chi connectivity index (χ3n) is 4.25. The van der Waals surface area contributed by atoms with Crippen molar-refractivity contribution >= 4 is 34.2 Å². The number of rotatable bonds is 4. The van der Waals surface area contributed by atoms with Crippen LogP contribution in [0, 0.1) is 16.7 Å². The fourth-order valence-electron chi connectivity index (χ4n) is 2.95. The number of hydrogen-bond acceptors (Lipinski definition) is 6. The highest BCUT2D eigenvalue weighted by Crippen LogP contribution is 2.38. The molecule has 1 N–H and O–H groups in total. The van der Waals surface area contributed by atoms with Crippen molar-refractivity contribution in [3.8, 4) is 11.8 Å². The number of hydrogen-bond donors (Lipinski definition) is 1. The van der Waals surface area contributed by atoms with E-state index in [1.54, 1.807) is 31.4 Å². The summed E-state index contributed by atoms with van der Waals surface area (Å²) >= 11 is 1.17. The van der Waals surface area contributed by atoms with Crippen LogP contribution in [-0.2, 0) is 11.2 Å². The number of nitrogens with zero attached hydrogens (tertiary/aromatic N) is 2. The van der Waals surface area contributed by atoms with E-state index < -0.39 is 5.91 Å². The molecule has 0 bridgehead atoms. The molecule has 2 aromatic rings. The van der Waals surface area contributed by atoms with E-state index in [0.29, 0.717) is 39.9 Å². The van der Waals surface area contributed by atoms with Gasteiger partial charge in [-0.3, -0.25) is 14.9 Å². The van der Waals surface area contributed by atoms with Gasteiger partial charge < -0.3 is 4.74 Å². The molecule has 1 aliphatic carbocycles. The molecular weight excluding hydrogens is 362 g/mol. The number of anilines is 1. The van der Waals surface area contributed by atoms with Gasteiger partial charge in [-0.1, -0.05) is 37.3 Å². The molecule has 1 amide bonds. The molecule has 3 rings (SSSR count). The quantitative estimate of drug-likeness (QED) is 0.641. The van der Waals surface area contributed by atoms with Crippen molar-refractivity contribution in [2.24, 2.45) is 5.41 Å². The molecule has 0 aliphatic heterocycles. The number of amides is 1. The Kier molecular flexibility index (Phi) is 5.10. The van der Waals surface area contributed by atoms with E-state index in [9.17, 15) is 14.9 Å². The summed E-state index contributed by atoms with van der Waals surface area (Å²) in [6.07, 6.45) is 2.65. The van der Waals surface area contributed by atoms with Gasteiger partial charge in [0.25, 0.3) is 5.91 Å². The van der Waals surface area contributed by atoms with Gasteiger partial charge in [0.1, 0.15) is 17.4 Å². The van der Waals surface area contributed by atoms with E-state index in [1.807, 2.05) is 19.9 Å². The lowest BCUT2D eigenvalue weighted by atomic mass is 9.78. The van der Waals surface area contributed by atoms with Crippen LogP contribution in [0.4, 0.5) is 5.13 Å². The number of methoxy groups -OCH3 is 1. The number of aromatic nitrogens is 1. The number of Topliss-reactive ketones (excluding diaryl/α,β-unsaturated/α-hetero) is 1. The van der Waals surface area contributed by atoms with Gasteiger partial charge in [-0.25, -0.2) is 4.98 Å². The smallest absolute Gasteiger partial charge is 0.268 e. The summed E-state index contributed by atoms with van der Waals surface area (Å²) in [6, 6.07) is 8.92. The van der Waals surface area contributed by atoms with E-state index >= 15 is 0 Å². The van der Waals surface area contributed by atoms with E-state index in [2.05, 4.69) is 10.3 Å². The zero-order valence-corrected chi connectivity index (χ0v) is 16.1. The number of thiazole rings is 1. The first-order chi connectivity index (χ1) is 12.8. The predicted octanol–water partition coefficient (Wildman–Crippen LogP) is 3.85.